The lowest BCUT2D eigenvalue weighted by Crippen LogP contribution is -2.27. The number of hydrogen-bond acceptors (Lipinski definition) is 3. The third-order valence-corrected chi connectivity index (χ3v) is 4.50. The number of carbonyl (C=O) groups is 1. The van der Waals surface area contributed by atoms with E-state index >= 15 is 0 Å². The lowest BCUT2D eigenvalue weighted by atomic mass is 10.1. The lowest BCUT2D eigenvalue weighted by Gasteiger charge is -2.11. The molecule has 5 nitrogen and oxygen atoms in total. The molecular formula is C21H19ClFN3O2. The molecule has 0 unspecified atom stereocenters. The maximum Gasteiger partial charge on any atom is 0.251 e. The summed E-state index contributed by atoms with van der Waals surface area (Å²) in [6.45, 7) is 3.94. The van der Waals surface area contributed by atoms with E-state index in [1.807, 2.05) is 13.8 Å². The Labute approximate surface area is 166 Å². The smallest absolute Gasteiger partial charge is 0.251 e. The first-order valence-corrected chi connectivity index (χ1v) is 9.15. The van der Waals surface area contributed by atoms with Gasteiger partial charge in [-0.1, -0.05) is 43.6 Å². The van der Waals surface area contributed by atoms with Crippen LogP contribution in [0.3, 0.4) is 0 Å². The molecule has 0 saturated carbocycles. The van der Waals surface area contributed by atoms with Crippen molar-refractivity contribution in [3.05, 3.63) is 75.3 Å². The fourth-order valence-corrected chi connectivity index (χ4v) is 2.86. The number of carbonyl (C=O) groups excluding carboxylic acids is 1. The van der Waals surface area contributed by atoms with E-state index in [-0.39, 0.29) is 28.9 Å². The van der Waals surface area contributed by atoms with E-state index < -0.39 is 11.4 Å². The van der Waals surface area contributed by atoms with Gasteiger partial charge in [0.2, 0.25) is 5.91 Å². The van der Waals surface area contributed by atoms with Crippen molar-refractivity contribution in [3.8, 4) is 22.6 Å². The van der Waals surface area contributed by atoms with E-state index in [0.717, 1.165) is 5.56 Å². The second-order valence-electron chi connectivity index (χ2n) is 6.65. The summed E-state index contributed by atoms with van der Waals surface area (Å²) in [6.07, 6.45) is 0. The second-order valence-corrected chi connectivity index (χ2v) is 7.05. The molecule has 1 amide bonds. The van der Waals surface area contributed by atoms with Crippen molar-refractivity contribution in [3.63, 3.8) is 0 Å². The van der Waals surface area contributed by atoms with Gasteiger partial charge in [-0.25, -0.2) is 9.37 Å². The molecule has 0 aliphatic carbocycles. The third-order valence-electron chi connectivity index (χ3n) is 4.17. The van der Waals surface area contributed by atoms with Gasteiger partial charge in [-0.2, -0.15) is 0 Å². The number of aromatic nitrogens is 2. The molecule has 2 N–H and O–H groups in total. The zero-order valence-corrected chi connectivity index (χ0v) is 16.2. The fraction of sp³-hybridized carbons (Fsp3) is 0.190. The Morgan fingerprint density at radius 1 is 1.18 bits per heavy atom. The van der Waals surface area contributed by atoms with Crippen LogP contribution in [0.2, 0.25) is 5.02 Å². The Morgan fingerprint density at radius 2 is 1.93 bits per heavy atom. The number of halogens is 2. The Balaban J connectivity index is 1.99. The van der Waals surface area contributed by atoms with Gasteiger partial charge in [0.25, 0.3) is 5.56 Å². The molecule has 0 fully saturated rings. The van der Waals surface area contributed by atoms with Gasteiger partial charge in [-0.15, -0.1) is 0 Å². The van der Waals surface area contributed by atoms with Crippen LogP contribution in [0.5, 0.6) is 0 Å². The highest BCUT2D eigenvalue weighted by molar-refractivity contribution is 6.33. The van der Waals surface area contributed by atoms with Crippen LogP contribution >= 0.6 is 11.6 Å². The predicted molar refractivity (Wildman–Crippen MR) is 107 cm³/mol. The van der Waals surface area contributed by atoms with E-state index in [4.69, 9.17) is 11.6 Å². The maximum atomic E-state index is 14.1. The van der Waals surface area contributed by atoms with Gasteiger partial charge in [-0.3, -0.25) is 9.59 Å². The summed E-state index contributed by atoms with van der Waals surface area (Å²) in [7, 11) is 0. The number of rotatable bonds is 5. The fourth-order valence-electron chi connectivity index (χ4n) is 2.65. The molecule has 1 aromatic heterocycles. The largest absolute Gasteiger partial charge is 0.352 e. The van der Waals surface area contributed by atoms with Crippen molar-refractivity contribution in [1.29, 1.82) is 0 Å². The normalized spacial score (nSPS) is 10.9. The van der Waals surface area contributed by atoms with Crippen LogP contribution in [0.25, 0.3) is 22.6 Å². The molecule has 0 radical (unpaired) electrons. The van der Waals surface area contributed by atoms with Gasteiger partial charge < -0.3 is 10.3 Å². The number of benzene rings is 2. The molecule has 0 aliphatic rings. The molecule has 0 saturated heterocycles. The van der Waals surface area contributed by atoms with E-state index in [2.05, 4.69) is 15.3 Å². The molecule has 0 atom stereocenters. The molecule has 28 heavy (non-hydrogen) atoms. The number of nitrogens with zero attached hydrogens (tertiary/aromatic N) is 1. The van der Waals surface area contributed by atoms with Gasteiger partial charge in [0.15, 0.2) is 0 Å². The Kier molecular flexibility index (Phi) is 5.90. The van der Waals surface area contributed by atoms with Crippen molar-refractivity contribution in [2.45, 2.75) is 20.4 Å². The van der Waals surface area contributed by atoms with Crippen molar-refractivity contribution in [1.82, 2.24) is 15.3 Å². The standard InChI is InChI=1S/C21H19ClFN3O2/c1-12(2)21(28)24-11-13-7-8-16(22)15(9-13)20-25-18(10-19(27)26-20)14-5-3-4-6-17(14)23/h3-10,12H,11H2,1-2H3,(H,24,28)(H,25,26,27). The van der Waals surface area contributed by atoms with Gasteiger partial charge in [0, 0.05) is 29.7 Å². The third kappa shape index (κ3) is 4.46. The first-order valence-electron chi connectivity index (χ1n) is 8.78. The van der Waals surface area contributed by atoms with Gasteiger partial charge in [0.05, 0.1) is 10.7 Å². The van der Waals surface area contributed by atoms with Crippen LogP contribution in [0.1, 0.15) is 19.4 Å². The SMILES string of the molecule is CC(C)C(=O)NCc1ccc(Cl)c(-c2nc(-c3ccccc3F)cc(=O)[nH]2)c1. The highest BCUT2D eigenvalue weighted by Crippen LogP contribution is 2.28. The highest BCUT2D eigenvalue weighted by Gasteiger charge is 2.13. The molecule has 0 aliphatic heterocycles. The number of nitrogens with one attached hydrogen (secondary N) is 2. The van der Waals surface area contributed by atoms with Gasteiger partial charge in [0.1, 0.15) is 11.6 Å². The van der Waals surface area contributed by atoms with Crippen molar-refractivity contribution < 1.29 is 9.18 Å². The van der Waals surface area contributed by atoms with E-state index in [0.29, 0.717) is 17.1 Å². The van der Waals surface area contributed by atoms with Crippen molar-refractivity contribution in [2.24, 2.45) is 5.92 Å². The van der Waals surface area contributed by atoms with Crippen LogP contribution in [-0.2, 0) is 11.3 Å². The Morgan fingerprint density at radius 3 is 2.64 bits per heavy atom. The minimum absolute atomic E-state index is 0.0652. The zero-order valence-electron chi connectivity index (χ0n) is 15.4. The molecule has 0 spiro atoms. The molecule has 7 heteroatoms. The van der Waals surface area contributed by atoms with Gasteiger partial charge in [-0.05, 0) is 29.8 Å². The predicted octanol–water partition coefficient (Wildman–Crippen LogP) is 4.17. The van der Waals surface area contributed by atoms with Gasteiger partial charge >= 0.3 is 0 Å². The molecule has 1 heterocycles. The number of aromatic amines is 1. The van der Waals surface area contributed by atoms with E-state index in [1.54, 1.807) is 36.4 Å². The summed E-state index contributed by atoms with van der Waals surface area (Å²) in [4.78, 5) is 31.0. The maximum absolute atomic E-state index is 14.1. The van der Waals surface area contributed by atoms with Crippen molar-refractivity contribution in [2.75, 3.05) is 0 Å². The Bertz CT molecular complexity index is 1080. The van der Waals surface area contributed by atoms with Crippen LogP contribution in [0, 0.1) is 11.7 Å². The number of hydrogen-bond donors (Lipinski definition) is 2. The monoisotopic (exact) mass is 399 g/mol. The summed E-state index contributed by atoms with van der Waals surface area (Å²) in [6, 6.07) is 12.5. The minimum atomic E-state index is -0.470. The topological polar surface area (TPSA) is 74.8 Å². The van der Waals surface area contributed by atoms with Crippen LogP contribution < -0.4 is 10.9 Å². The summed E-state index contributed by atoms with van der Waals surface area (Å²) in [5.41, 5.74) is 1.32. The first-order chi connectivity index (χ1) is 13.3. The first kappa shape index (κ1) is 19.8. The average molecular weight is 400 g/mol. The quantitative estimate of drug-likeness (QED) is 0.676. The van der Waals surface area contributed by atoms with Crippen LogP contribution in [0.4, 0.5) is 4.39 Å². The molecule has 3 rings (SSSR count). The Hall–Kier alpha value is -2.99. The number of H-pyrrole nitrogens is 1. The molecule has 2 aromatic carbocycles. The van der Waals surface area contributed by atoms with E-state index in [9.17, 15) is 14.0 Å². The summed E-state index contributed by atoms with van der Waals surface area (Å²) >= 11 is 6.30. The molecule has 0 bridgehead atoms. The van der Waals surface area contributed by atoms with Crippen LogP contribution in [0.15, 0.2) is 53.3 Å². The van der Waals surface area contributed by atoms with Crippen molar-refractivity contribution >= 4 is 17.5 Å². The highest BCUT2D eigenvalue weighted by atomic mass is 35.5. The summed E-state index contributed by atoms with van der Waals surface area (Å²) in [5.74, 6) is -0.428. The summed E-state index contributed by atoms with van der Waals surface area (Å²) < 4.78 is 14.1. The average Bonchev–Trinajstić information content (AvgIpc) is 2.66. The molecule has 144 valence electrons. The minimum Gasteiger partial charge on any atom is -0.352 e. The van der Waals surface area contributed by atoms with Crippen LogP contribution in [-0.4, -0.2) is 15.9 Å². The molecular weight excluding hydrogens is 381 g/mol. The van der Waals surface area contributed by atoms with E-state index in [1.165, 1.54) is 12.1 Å². The molecule has 3 aromatic rings. The summed E-state index contributed by atoms with van der Waals surface area (Å²) in [5, 5.41) is 3.21. The number of amides is 1. The second kappa shape index (κ2) is 8.35. The lowest BCUT2D eigenvalue weighted by molar-refractivity contribution is -0.124. The zero-order chi connectivity index (χ0) is 20.3.